The number of hydrogen-bond donors (Lipinski definition) is 0. The molecule has 0 nitrogen and oxygen atoms in total. The predicted molar refractivity (Wildman–Crippen MR) is 255 cm³/mol. The van der Waals surface area contributed by atoms with Crippen molar-refractivity contribution in [3.05, 3.63) is 178 Å². The van der Waals surface area contributed by atoms with E-state index in [0.29, 0.717) is 0 Å². The number of rotatable bonds is 13. The maximum absolute atomic E-state index is 9.01. The van der Waals surface area contributed by atoms with Crippen molar-refractivity contribution in [2.75, 3.05) is 0 Å². The van der Waals surface area contributed by atoms with Crippen LogP contribution in [0, 0.1) is 0 Å². The molecule has 0 saturated carbocycles. The SMILES string of the molecule is CCCC1=Cc2c(ccc(CC)c2-c2ccccc2-c2ccccc2)[CH]1[Zr]([Cl])([Cl])([CH]1C(CCC)=Cc2c1ccc(CC)c2-c1ccccc1-c1ccccc1)[SiH](C)C. The zero-order valence-electron chi connectivity index (χ0n) is 35.1. The molecule has 0 aliphatic heterocycles. The molecule has 8 rings (SSSR count). The summed E-state index contributed by atoms with van der Waals surface area (Å²) in [6.45, 7) is 14.2. The van der Waals surface area contributed by atoms with Gasteiger partial charge < -0.3 is 0 Å². The van der Waals surface area contributed by atoms with Crippen LogP contribution in [0.15, 0.2) is 145 Å². The van der Waals surface area contributed by atoms with E-state index in [1.165, 1.54) is 89.0 Å². The minimum atomic E-state index is -5.04. The van der Waals surface area contributed by atoms with Gasteiger partial charge in [-0.15, -0.1) is 0 Å². The van der Waals surface area contributed by atoms with Crippen molar-refractivity contribution >= 4 is 35.1 Å². The molecule has 0 amide bonds. The summed E-state index contributed by atoms with van der Waals surface area (Å²) in [5, 5.41) is 0. The zero-order chi connectivity index (χ0) is 40.6. The maximum atomic E-state index is 9.01. The van der Waals surface area contributed by atoms with Gasteiger partial charge in [-0.1, -0.05) is 0 Å². The summed E-state index contributed by atoms with van der Waals surface area (Å²) in [5.74, 6) is -1.74. The van der Waals surface area contributed by atoms with Crippen molar-refractivity contribution < 1.29 is 15.6 Å². The van der Waals surface area contributed by atoms with Gasteiger partial charge in [-0.3, -0.25) is 0 Å². The molecule has 0 N–H and O–H groups in total. The predicted octanol–water partition coefficient (Wildman–Crippen LogP) is 16.6. The molecule has 2 unspecified atom stereocenters. The van der Waals surface area contributed by atoms with Crippen LogP contribution >= 0.6 is 17.0 Å². The summed E-state index contributed by atoms with van der Waals surface area (Å²) in [7, 11) is 18.0. The van der Waals surface area contributed by atoms with Crippen LogP contribution in [0.25, 0.3) is 56.7 Å². The van der Waals surface area contributed by atoms with Crippen molar-refractivity contribution in [1.82, 2.24) is 0 Å². The van der Waals surface area contributed by atoms with E-state index in [9.17, 15) is 0 Å². The van der Waals surface area contributed by atoms with E-state index in [4.69, 9.17) is 17.0 Å². The second-order valence-corrected chi connectivity index (χ2v) is 59.4. The molecular formula is C54H57Cl2SiZr. The van der Waals surface area contributed by atoms with Crippen molar-refractivity contribution in [2.24, 2.45) is 0 Å². The monoisotopic (exact) mass is 893 g/mol. The van der Waals surface area contributed by atoms with Crippen molar-refractivity contribution in [3.8, 4) is 44.5 Å². The standard InChI is InChI=1S/2C26H25.C2H7Si.2ClH.Zr/c2*1-3-10-19-17-22-16-15-20(4-2)26(25(22)18-19)24-14-9-8-13-23(24)21-11-6-5-7-12-21;1-3-2;;;/h2*5-9,11-18H,3-4,10H2,1-2H3;3H,1-2H3;2*1H;/q;;;;;+2/p-2. The van der Waals surface area contributed by atoms with Crippen LogP contribution < -0.4 is 0 Å². The Labute approximate surface area is 356 Å². The third-order valence-electron chi connectivity index (χ3n) is 13.4. The molecule has 0 bridgehead atoms. The molecule has 0 aromatic heterocycles. The van der Waals surface area contributed by atoms with Crippen LogP contribution in [-0.2, 0) is 28.4 Å². The number of fused-ring (bicyclic) bond motifs is 2. The Hall–Kier alpha value is -3.52. The van der Waals surface area contributed by atoms with E-state index >= 15 is 0 Å². The van der Waals surface area contributed by atoms with Crippen LogP contribution in [0.5, 0.6) is 0 Å². The first-order valence-corrected chi connectivity index (χ1v) is 38.1. The summed E-state index contributed by atoms with van der Waals surface area (Å²) in [6, 6.07) is 49.5. The van der Waals surface area contributed by atoms with Crippen molar-refractivity contribution in [3.63, 3.8) is 0 Å². The van der Waals surface area contributed by atoms with E-state index in [0.717, 1.165) is 38.5 Å². The van der Waals surface area contributed by atoms with Gasteiger partial charge in [0.15, 0.2) is 0 Å². The van der Waals surface area contributed by atoms with Gasteiger partial charge in [0.2, 0.25) is 0 Å². The molecular weight excluding hydrogens is 839 g/mol. The zero-order valence-corrected chi connectivity index (χ0v) is 40.2. The molecule has 2 aliphatic carbocycles. The normalized spacial score (nSPS) is 16.7. The van der Waals surface area contributed by atoms with Crippen LogP contribution in [0.3, 0.4) is 0 Å². The van der Waals surface area contributed by atoms with Gasteiger partial charge in [-0.05, 0) is 0 Å². The fraction of sp³-hybridized carbons (Fsp3) is 0.259. The molecule has 2 atom stereocenters. The van der Waals surface area contributed by atoms with Gasteiger partial charge in [0.05, 0.1) is 0 Å². The average Bonchev–Trinajstić information content (AvgIpc) is 3.83. The Kier molecular flexibility index (Phi) is 12.0. The fourth-order valence-corrected chi connectivity index (χ4v) is 42.1. The van der Waals surface area contributed by atoms with E-state index in [1.54, 1.807) is 0 Å². The molecule has 0 spiro atoms. The second-order valence-electron chi connectivity index (χ2n) is 16.9. The first-order valence-electron chi connectivity index (χ1n) is 21.7. The third-order valence-corrected chi connectivity index (χ3v) is 65.2. The topological polar surface area (TPSA) is 0 Å². The van der Waals surface area contributed by atoms with E-state index in [-0.39, 0.29) is 7.25 Å². The van der Waals surface area contributed by atoms with Crippen molar-refractivity contribution in [2.45, 2.75) is 86.6 Å². The Morgan fingerprint density at radius 1 is 0.466 bits per heavy atom. The average molecular weight is 896 g/mol. The number of hydrogen-bond acceptors (Lipinski definition) is 0. The van der Waals surface area contributed by atoms with Gasteiger partial charge in [-0.2, -0.15) is 0 Å². The van der Waals surface area contributed by atoms with Crippen LogP contribution in [0.4, 0.5) is 0 Å². The number of benzene rings is 6. The first kappa shape index (κ1) is 41.2. The van der Waals surface area contributed by atoms with Gasteiger partial charge in [0, 0.05) is 0 Å². The van der Waals surface area contributed by atoms with Gasteiger partial charge in [0.25, 0.3) is 0 Å². The quantitative estimate of drug-likeness (QED) is 0.101. The molecule has 4 heteroatoms. The number of aryl methyl sites for hydroxylation is 2. The summed E-state index contributed by atoms with van der Waals surface area (Å²) in [5.41, 5.74) is 21.5. The van der Waals surface area contributed by atoms with Crippen LogP contribution in [0.2, 0.25) is 13.1 Å². The summed E-state index contributed by atoms with van der Waals surface area (Å²) >= 11 is -5.04. The molecule has 6 aromatic carbocycles. The van der Waals surface area contributed by atoms with E-state index < -0.39 is 21.5 Å². The van der Waals surface area contributed by atoms with Gasteiger partial charge in [0.1, 0.15) is 0 Å². The minimum absolute atomic E-state index is 0.0575. The molecule has 58 heavy (non-hydrogen) atoms. The number of allylic oxidation sites excluding steroid dienone is 2. The van der Waals surface area contributed by atoms with Gasteiger partial charge in [-0.25, -0.2) is 0 Å². The Morgan fingerprint density at radius 3 is 1.17 bits per heavy atom. The van der Waals surface area contributed by atoms with Crippen LogP contribution in [-0.4, -0.2) is 5.92 Å². The van der Waals surface area contributed by atoms with E-state index in [1.807, 2.05) is 0 Å². The Balaban J connectivity index is 1.38. The van der Waals surface area contributed by atoms with Gasteiger partial charge >= 0.3 is 360 Å². The fourth-order valence-electron chi connectivity index (χ4n) is 10.6. The number of halogens is 2. The first-order chi connectivity index (χ1) is 28.2. The molecule has 2 aliphatic rings. The van der Waals surface area contributed by atoms with E-state index in [2.05, 4.69) is 186 Å². The molecule has 0 fully saturated rings. The summed E-state index contributed by atoms with van der Waals surface area (Å²) in [6.07, 6.45) is 11.2. The second kappa shape index (κ2) is 16.9. The molecule has 295 valence electrons. The molecule has 6 aromatic rings. The third kappa shape index (κ3) is 6.85. The summed E-state index contributed by atoms with van der Waals surface area (Å²) in [4.78, 5) is 0. The summed E-state index contributed by atoms with van der Waals surface area (Å²) < 4.78 is 0.115. The molecule has 0 radical (unpaired) electrons. The van der Waals surface area contributed by atoms with Crippen LogP contribution in [0.1, 0.15) is 94.0 Å². The molecule has 0 heterocycles. The Morgan fingerprint density at radius 2 is 0.828 bits per heavy atom. The molecule has 0 saturated heterocycles. The van der Waals surface area contributed by atoms with Crippen molar-refractivity contribution in [1.29, 1.82) is 0 Å². The Bertz CT molecular complexity index is 2360.